The number of aryl methyl sites for hydroxylation is 3. The molecule has 0 aliphatic carbocycles. The van der Waals surface area contributed by atoms with Gasteiger partial charge in [0.05, 0.1) is 17.2 Å². The Hall–Kier alpha value is -4.27. The largest absolute Gasteiger partial charge is 0.354 e. The molecule has 4 rings (SSSR count). The molecule has 0 aliphatic rings. The molecule has 0 fully saturated rings. The maximum atomic E-state index is 12.5. The molecule has 3 N–H and O–H groups in total. The highest BCUT2D eigenvalue weighted by Crippen LogP contribution is 2.17. The molecule has 0 spiro atoms. The van der Waals surface area contributed by atoms with Gasteiger partial charge in [-0.3, -0.25) is 14.2 Å². The second-order valence-corrected chi connectivity index (χ2v) is 8.00. The molecule has 0 radical (unpaired) electrons. The minimum Gasteiger partial charge on any atom is -0.354 e. The van der Waals surface area contributed by atoms with Crippen LogP contribution < -0.4 is 21.5 Å². The highest BCUT2D eigenvalue weighted by atomic mass is 16.1. The zero-order valence-corrected chi connectivity index (χ0v) is 19.2. The minimum atomic E-state index is -0.147. The summed E-state index contributed by atoms with van der Waals surface area (Å²) in [5.41, 5.74) is 3.46. The number of para-hydroxylation sites is 1. The predicted octanol–water partition coefficient (Wildman–Crippen LogP) is 3.17. The zero-order valence-electron chi connectivity index (χ0n) is 19.2. The molecular weight excluding hydrogens is 430 g/mol. The zero-order chi connectivity index (χ0) is 23.9. The Kier molecular flexibility index (Phi) is 7.12. The van der Waals surface area contributed by atoms with Crippen molar-refractivity contribution in [2.75, 3.05) is 23.7 Å². The van der Waals surface area contributed by atoms with Crippen molar-refractivity contribution >= 4 is 34.3 Å². The lowest BCUT2D eigenvalue weighted by atomic mass is 10.2. The van der Waals surface area contributed by atoms with Crippen molar-refractivity contribution in [3.63, 3.8) is 0 Å². The van der Waals surface area contributed by atoms with Gasteiger partial charge in [-0.2, -0.15) is 4.98 Å². The summed E-state index contributed by atoms with van der Waals surface area (Å²) >= 11 is 0. The summed E-state index contributed by atoms with van der Waals surface area (Å²) in [6.45, 7) is 5.09. The van der Waals surface area contributed by atoms with E-state index in [2.05, 4.69) is 30.9 Å². The number of benzene rings is 2. The normalized spacial score (nSPS) is 10.8. The summed E-state index contributed by atoms with van der Waals surface area (Å²) in [4.78, 5) is 37.9. The predicted molar refractivity (Wildman–Crippen MR) is 133 cm³/mol. The van der Waals surface area contributed by atoms with E-state index in [0.29, 0.717) is 35.8 Å². The molecule has 9 nitrogen and oxygen atoms in total. The van der Waals surface area contributed by atoms with E-state index in [9.17, 15) is 9.59 Å². The van der Waals surface area contributed by atoms with Crippen molar-refractivity contribution in [3.05, 3.63) is 82.5 Å². The summed E-state index contributed by atoms with van der Waals surface area (Å²) in [5, 5.41) is 9.80. The summed E-state index contributed by atoms with van der Waals surface area (Å²) in [5.74, 6) is 1.03. The number of hydrogen-bond acceptors (Lipinski definition) is 7. The lowest BCUT2D eigenvalue weighted by Gasteiger charge is -2.11. The number of rotatable bonds is 9. The third-order valence-corrected chi connectivity index (χ3v) is 5.22. The van der Waals surface area contributed by atoms with Gasteiger partial charge in [-0.1, -0.05) is 29.8 Å². The second-order valence-electron chi connectivity index (χ2n) is 8.00. The van der Waals surface area contributed by atoms with E-state index in [1.54, 1.807) is 18.2 Å². The van der Waals surface area contributed by atoms with Crippen molar-refractivity contribution in [3.8, 4) is 0 Å². The van der Waals surface area contributed by atoms with E-state index in [4.69, 9.17) is 0 Å². The van der Waals surface area contributed by atoms with Crippen molar-refractivity contribution in [1.29, 1.82) is 0 Å². The van der Waals surface area contributed by atoms with Gasteiger partial charge >= 0.3 is 0 Å². The third-order valence-electron chi connectivity index (χ3n) is 5.22. The van der Waals surface area contributed by atoms with Crippen LogP contribution >= 0.6 is 0 Å². The number of nitrogens with one attached hydrogen (secondary N) is 3. The first-order chi connectivity index (χ1) is 16.5. The average Bonchev–Trinajstić information content (AvgIpc) is 2.83. The number of anilines is 3. The van der Waals surface area contributed by atoms with Gasteiger partial charge in [0.25, 0.3) is 5.56 Å². The molecule has 4 aromatic rings. The molecule has 174 valence electrons. The highest BCUT2D eigenvalue weighted by molar-refractivity contribution is 5.77. The van der Waals surface area contributed by atoms with Gasteiger partial charge in [0.1, 0.15) is 5.82 Å². The van der Waals surface area contributed by atoms with E-state index < -0.39 is 0 Å². The fraction of sp³-hybridized carbons (Fsp3) is 0.240. The highest BCUT2D eigenvalue weighted by Gasteiger charge is 2.07. The van der Waals surface area contributed by atoms with Crippen molar-refractivity contribution in [2.45, 2.75) is 26.8 Å². The van der Waals surface area contributed by atoms with E-state index in [1.165, 1.54) is 16.5 Å². The molecule has 2 aromatic carbocycles. The van der Waals surface area contributed by atoms with Crippen molar-refractivity contribution in [2.24, 2.45) is 0 Å². The topological polar surface area (TPSA) is 114 Å². The molecule has 0 unspecified atom stereocenters. The second kappa shape index (κ2) is 10.6. The maximum Gasteiger partial charge on any atom is 0.261 e. The molecule has 0 saturated heterocycles. The van der Waals surface area contributed by atoms with Gasteiger partial charge in [0, 0.05) is 43.5 Å². The van der Waals surface area contributed by atoms with Gasteiger partial charge < -0.3 is 16.0 Å². The van der Waals surface area contributed by atoms with Gasteiger partial charge in [0.2, 0.25) is 11.9 Å². The molecule has 2 aromatic heterocycles. The Morgan fingerprint density at radius 3 is 2.62 bits per heavy atom. The van der Waals surface area contributed by atoms with Crippen molar-refractivity contribution in [1.82, 2.24) is 24.8 Å². The third kappa shape index (κ3) is 5.94. The number of amides is 1. The standard InChI is InChI=1S/C25H27N7O2/c1-17-7-9-19(10-8-17)30-22-15-18(2)29-25(31-22)27-13-12-26-23(33)11-14-32-16-28-21-6-4-3-5-20(21)24(32)34/h3-10,15-16H,11-14H2,1-2H3,(H,26,33)(H2,27,29,30,31). The van der Waals surface area contributed by atoms with Crippen LogP contribution in [0.1, 0.15) is 17.7 Å². The molecular formula is C25H27N7O2. The Labute approximate surface area is 197 Å². The van der Waals surface area contributed by atoms with Crippen LogP contribution in [0.3, 0.4) is 0 Å². The smallest absolute Gasteiger partial charge is 0.261 e. The van der Waals surface area contributed by atoms with Crippen LogP contribution in [0.5, 0.6) is 0 Å². The number of fused-ring (bicyclic) bond motifs is 1. The number of carbonyl (C=O) groups is 1. The molecule has 0 saturated carbocycles. The molecule has 1 amide bonds. The summed E-state index contributed by atoms with van der Waals surface area (Å²) in [7, 11) is 0. The SMILES string of the molecule is Cc1ccc(Nc2cc(C)nc(NCCNC(=O)CCn3cnc4ccccc4c3=O)n2)cc1. The van der Waals surface area contributed by atoms with Gasteiger partial charge in [-0.15, -0.1) is 0 Å². The van der Waals surface area contributed by atoms with E-state index >= 15 is 0 Å². The van der Waals surface area contributed by atoms with Crippen LogP contribution in [-0.4, -0.2) is 38.5 Å². The maximum absolute atomic E-state index is 12.5. The van der Waals surface area contributed by atoms with Crippen LogP contribution in [0.4, 0.5) is 17.5 Å². The molecule has 34 heavy (non-hydrogen) atoms. The molecule has 0 atom stereocenters. The lowest BCUT2D eigenvalue weighted by molar-refractivity contribution is -0.121. The number of hydrogen-bond donors (Lipinski definition) is 3. The van der Waals surface area contributed by atoms with E-state index in [-0.39, 0.29) is 24.4 Å². The summed E-state index contributed by atoms with van der Waals surface area (Å²) in [6.07, 6.45) is 1.67. The van der Waals surface area contributed by atoms with Crippen LogP contribution in [-0.2, 0) is 11.3 Å². The number of nitrogens with zero attached hydrogens (tertiary/aromatic N) is 4. The quantitative estimate of drug-likeness (QED) is 0.331. The molecule has 9 heteroatoms. The Morgan fingerprint density at radius 1 is 1.00 bits per heavy atom. The first kappa shape index (κ1) is 22.9. The fourth-order valence-electron chi connectivity index (χ4n) is 3.45. The summed E-state index contributed by atoms with van der Waals surface area (Å²) < 4.78 is 1.46. The summed E-state index contributed by atoms with van der Waals surface area (Å²) in [6, 6.07) is 17.1. The monoisotopic (exact) mass is 457 g/mol. The number of aromatic nitrogens is 4. The lowest BCUT2D eigenvalue weighted by Crippen LogP contribution is -2.31. The van der Waals surface area contributed by atoms with Crippen LogP contribution in [0, 0.1) is 13.8 Å². The van der Waals surface area contributed by atoms with Crippen LogP contribution in [0.15, 0.2) is 65.7 Å². The average molecular weight is 458 g/mol. The number of carbonyl (C=O) groups excluding carboxylic acids is 1. The van der Waals surface area contributed by atoms with E-state index in [1.807, 2.05) is 50.2 Å². The van der Waals surface area contributed by atoms with Gasteiger partial charge in [-0.25, -0.2) is 9.97 Å². The first-order valence-electron chi connectivity index (χ1n) is 11.1. The first-order valence-corrected chi connectivity index (χ1v) is 11.1. The van der Waals surface area contributed by atoms with E-state index in [0.717, 1.165) is 11.4 Å². The Balaban J connectivity index is 1.24. The Morgan fingerprint density at radius 2 is 1.79 bits per heavy atom. The van der Waals surface area contributed by atoms with Crippen LogP contribution in [0.25, 0.3) is 10.9 Å². The van der Waals surface area contributed by atoms with Crippen LogP contribution in [0.2, 0.25) is 0 Å². The Bertz CT molecular complexity index is 1350. The van der Waals surface area contributed by atoms with Gasteiger partial charge in [0.15, 0.2) is 0 Å². The molecule has 0 aliphatic heterocycles. The fourth-order valence-corrected chi connectivity index (χ4v) is 3.45. The van der Waals surface area contributed by atoms with Crippen molar-refractivity contribution < 1.29 is 4.79 Å². The van der Waals surface area contributed by atoms with Gasteiger partial charge in [-0.05, 0) is 38.1 Å². The molecule has 2 heterocycles. The minimum absolute atomic E-state index is 0.145. The molecule has 0 bridgehead atoms.